The summed E-state index contributed by atoms with van der Waals surface area (Å²) in [6.07, 6.45) is 1.52. The molecular formula is C18H20N6O4. The quantitative estimate of drug-likeness (QED) is 0.504. The first kappa shape index (κ1) is 19.0. The number of hydrogen-bond donors (Lipinski definition) is 5. The maximum Gasteiger partial charge on any atom is 0.319 e. The number of carbonyl (C=O) groups excluding carboxylic acids is 3. The molecule has 10 nitrogen and oxygen atoms in total. The van der Waals surface area contributed by atoms with E-state index in [1.807, 2.05) is 0 Å². The lowest BCUT2D eigenvalue weighted by atomic mass is 10.2. The summed E-state index contributed by atoms with van der Waals surface area (Å²) in [5.74, 6) is 0.286. The molecule has 28 heavy (non-hydrogen) atoms. The smallest absolute Gasteiger partial charge is 0.319 e. The highest BCUT2D eigenvalue weighted by atomic mass is 16.5. The van der Waals surface area contributed by atoms with Gasteiger partial charge in [0.05, 0.1) is 12.1 Å². The number of rotatable bonds is 6. The van der Waals surface area contributed by atoms with E-state index in [1.54, 1.807) is 30.3 Å². The lowest BCUT2D eigenvalue weighted by molar-refractivity contribution is -0.117. The molecule has 1 aromatic heterocycles. The molecule has 10 heteroatoms. The second-order valence-corrected chi connectivity index (χ2v) is 5.98. The van der Waals surface area contributed by atoms with Crippen molar-refractivity contribution in [3.05, 3.63) is 42.1 Å². The lowest BCUT2D eigenvalue weighted by Crippen LogP contribution is -2.31. The molecule has 0 saturated carbocycles. The van der Waals surface area contributed by atoms with Crippen molar-refractivity contribution in [2.75, 3.05) is 35.6 Å². The van der Waals surface area contributed by atoms with Gasteiger partial charge in [-0.1, -0.05) is 6.07 Å². The zero-order valence-corrected chi connectivity index (χ0v) is 15.0. The third-order valence-corrected chi connectivity index (χ3v) is 3.80. The summed E-state index contributed by atoms with van der Waals surface area (Å²) in [7, 11) is 0. The first-order valence-corrected chi connectivity index (χ1v) is 8.62. The highest BCUT2D eigenvalue weighted by Gasteiger charge is 2.15. The highest BCUT2D eigenvalue weighted by Crippen LogP contribution is 2.26. The molecule has 0 atom stereocenters. The van der Waals surface area contributed by atoms with E-state index in [0.717, 1.165) is 0 Å². The monoisotopic (exact) mass is 384 g/mol. The third-order valence-electron chi connectivity index (χ3n) is 3.80. The molecule has 1 aliphatic rings. The summed E-state index contributed by atoms with van der Waals surface area (Å²) in [4.78, 5) is 39.1. The number of anilines is 3. The third kappa shape index (κ3) is 5.10. The van der Waals surface area contributed by atoms with Crippen molar-refractivity contribution in [3.63, 3.8) is 0 Å². The van der Waals surface area contributed by atoms with Crippen LogP contribution in [0.2, 0.25) is 0 Å². The first-order chi connectivity index (χ1) is 13.5. The molecule has 6 N–H and O–H groups in total. The molecule has 4 amide bonds. The molecule has 0 saturated heterocycles. The number of fused-ring (bicyclic) bond motifs is 1. The van der Waals surface area contributed by atoms with Crippen LogP contribution in [0.15, 0.2) is 36.5 Å². The van der Waals surface area contributed by atoms with Crippen molar-refractivity contribution in [1.29, 1.82) is 0 Å². The first-order valence-electron chi connectivity index (χ1n) is 8.62. The highest BCUT2D eigenvalue weighted by molar-refractivity contribution is 6.05. The average Bonchev–Trinajstić information content (AvgIpc) is 2.67. The number of aromatic nitrogens is 1. The Hall–Kier alpha value is -3.82. The molecule has 0 unspecified atom stereocenters. The van der Waals surface area contributed by atoms with E-state index in [2.05, 4.69) is 26.3 Å². The van der Waals surface area contributed by atoms with E-state index in [9.17, 15) is 14.4 Å². The van der Waals surface area contributed by atoms with Crippen LogP contribution in [0.1, 0.15) is 16.8 Å². The van der Waals surface area contributed by atoms with E-state index in [0.29, 0.717) is 41.7 Å². The molecule has 0 radical (unpaired) electrons. The maximum absolute atomic E-state index is 12.5. The Labute approximate surface area is 160 Å². The van der Waals surface area contributed by atoms with E-state index in [4.69, 9.17) is 10.5 Å². The van der Waals surface area contributed by atoms with Gasteiger partial charge in [-0.2, -0.15) is 0 Å². The molecule has 146 valence electrons. The number of benzene rings is 1. The van der Waals surface area contributed by atoms with Gasteiger partial charge in [0.1, 0.15) is 6.61 Å². The summed E-state index contributed by atoms with van der Waals surface area (Å²) in [6, 6.07) is 7.80. The topological polar surface area (TPSA) is 147 Å². The van der Waals surface area contributed by atoms with Gasteiger partial charge in [0.2, 0.25) is 5.91 Å². The van der Waals surface area contributed by atoms with E-state index >= 15 is 0 Å². The predicted molar refractivity (Wildman–Crippen MR) is 103 cm³/mol. The minimum atomic E-state index is -0.497. The van der Waals surface area contributed by atoms with Crippen LogP contribution in [0.25, 0.3) is 0 Å². The Morgan fingerprint density at radius 3 is 2.75 bits per heavy atom. The van der Waals surface area contributed by atoms with Crippen molar-refractivity contribution in [2.45, 2.75) is 6.42 Å². The summed E-state index contributed by atoms with van der Waals surface area (Å²) >= 11 is 0. The molecule has 0 bridgehead atoms. The zero-order valence-electron chi connectivity index (χ0n) is 15.0. The second kappa shape index (κ2) is 8.71. The number of ether oxygens (including phenoxy) is 1. The molecule has 2 heterocycles. The molecule has 1 aromatic carbocycles. The number of nitrogens with two attached hydrogens (primary N) is 1. The van der Waals surface area contributed by atoms with E-state index in [1.165, 1.54) is 6.20 Å². The van der Waals surface area contributed by atoms with Crippen molar-refractivity contribution < 1.29 is 19.1 Å². The van der Waals surface area contributed by atoms with Crippen LogP contribution in [0.3, 0.4) is 0 Å². The van der Waals surface area contributed by atoms with Gasteiger partial charge in [-0.15, -0.1) is 0 Å². The second-order valence-electron chi connectivity index (χ2n) is 5.98. The lowest BCUT2D eigenvalue weighted by Gasteiger charge is -2.18. The molecule has 2 aromatic rings. The predicted octanol–water partition coefficient (Wildman–Crippen LogP) is 1.14. The normalized spacial score (nSPS) is 12.0. The fourth-order valence-corrected chi connectivity index (χ4v) is 2.49. The molecule has 0 spiro atoms. The van der Waals surface area contributed by atoms with Crippen LogP contribution in [0, 0.1) is 0 Å². The van der Waals surface area contributed by atoms with Crippen LogP contribution in [0.5, 0.6) is 5.75 Å². The Kier molecular flexibility index (Phi) is 5.90. The van der Waals surface area contributed by atoms with Crippen molar-refractivity contribution in [3.8, 4) is 5.75 Å². The number of hydrogen-bond acceptors (Lipinski definition) is 6. The van der Waals surface area contributed by atoms with Gasteiger partial charge in [-0.3, -0.25) is 9.59 Å². The van der Waals surface area contributed by atoms with E-state index in [-0.39, 0.29) is 18.9 Å². The van der Waals surface area contributed by atoms with Gasteiger partial charge in [0, 0.05) is 30.5 Å². The molecule has 0 aliphatic carbocycles. The number of pyridine rings is 1. The molecule has 0 fully saturated rings. The summed E-state index contributed by atoms with van der Waals surface area (Å²) in [6.45, 7) is 1.32. The van der Waals surface area contributed by atoms with Gasteiger partial charge in [-0.05, 0) is 24.3 Å². The Morgan fingerprint density at radius 1 is 1.18 bits per heavy atom. The number of primary amides is 1. The van der Waals surface area contributed by atoms with Crippen molar-refractivity contribution in [1.82, 2.24) is 10.3 Å². The van der Waals surface area contributed by atoms with Crippen LogP contribution >= 0.6 is 0 Å². The Balaban J connectivity index is 1.60. The van der Waals surface area contributed by atoms with Crippen LogP contribution < -0.4 is 31.7 Å². The average molecular weight is 384 g/mol. The minimum absolute atomic E-state index is 0.0531. The van der Waals surface area contributed by atoms with Gasteiger partial charge >= 0.3 is 6.03 Å². The number of amides is 4. The van der Waals surface area contributed by atoms with E-state index < -0.39 is 11.9 Å². The SMILES string of the molecule is NC(=O)CCNC(=O)Nc1cccc(NC(=O)c2cnc3c(c2)OCCN3)c1. The van der Waals surface area contributed by atoms with Gasteiger partial charge in [0.15, 0.2) is 11.6 Å². The zero-order chi connectivity index (χ0) is 19.9. The summed E-state index contributed by atoms with van der Waals surface area (Å²) < 4.78 is 5.49. The van der Waals surface area contributed by atoms with Crippen LogP contribution in [0.4, 0.5) is 22.0 Å². The van der Waals surface area contributed by atoms with Gasteiger partial charge in [0.25, 0.3) is 5.91 Å². The minimum Gasteiger partial charge on any atom is -0.488 e. The number of carbonyl (C=O) groups is 3. The van der Waals surface area contributed by atoms with Crippen molar-refractivity contribution in [2.24, 2.45) is 5.73 Å². The van der Waals surface area contributed by atoms with Gasteiger partial charge in [-0.25, -0.2) is 9.78 Å². The van der Waals surface area contributed by atoms with Crippen LogP contribution in [-0.4, -0.2) is 42.5 Å². The fourth-order valence-electron chi connectivity index (χ4n) is 2.49. The largest absolute Gasteiger partial charge is 0.488 e. The molecule has 3 rings (SSSR count). The number of nitrogens with zero attached hydrogens (tertiary/aromatic N) is 1. The summed E-state index contributed by atoms with van der Waals surface area (Å²) in [5.41, 5.74) is 6.34. The Morgan fingerprint density at radius 2 is 1.96 bits per heavy atom. The van der Waals surface area contributed by atoms with Crippen LogP contribution in [-0.2, 0) is 4.79 Å². The molecule has 1 aliphatic heterocycles. The Bertz CT molecular complexity index is 901. The standard InChI is InChI=1S/C18H20N6O4/c19-15(25)4-5-21-18(27)24-13-3-1-2-12(9-13)23-17(26)11-8-14-16(22-10-11)20-6-7-28-14/h1-3,8-10H,4-7H2,(H2,19,25)(H,20,22)(H,23,26)(H2,21,24,27). The van der Waals surface area contributed by atoms with Crippen molar-refractivity contribution >= 4 is 35.0 Å². The number of urea groups is 1. The number of nitrogens with one attached hydrogen (secondary N) is 4. The maximum atomic E-state index is 12.5. The summed E-state index contributed by atoms with van der Waals surface area (Å²) in [5, 5.41) is 11.0. The molecular weight excluding hydrogens is 364 g/mol. The van der Waals surface area contributed by atoms with Gasteiger partial charge < -0.3 is 31.7 Å². The fraction of sp³-hybridized carbons (Fsp3) is 0.222.